The first-order valence-corrected chi connectivity index (χ1v) is 11.7. The van der Waals surface area contributed by atoms with Crippen molar-refractivity contribution in [3.05, 3.63) is 60.2 Å². The zero-order chi connectivity index (χ0) is 23.7. The Morgan fingerprint density at radius 3 is 2.19 bits per heavy atom. The van der Waals surface area contributed by atoms with Crippen molar-refractivity contribution in [3.63, 3.8) is 0 Å². The maximum absolute atomic E-state index is 13.3. The molecule has 9 heteroatoms. The van der Waals surface area contributed by atoms with Crippen LogP contribution in [0.5, 0.6) is 0 Å². The van der Waals surface area contributed by atoms with Crippen LogP contribution in [0.25, 0.3) is 0 Å². The fraction of sp³-hybridized carbons (Fsp3) is 0.348. The third-order valence-corrected chi connectivity index (χ3v) is 6.05. The molecule has 1 aliphatic rings. The second kappa shape index (κ2) is 8.84. The summed E-state index contributed by atoms with van der Waals surface area (Å²) >= 11 is 0. The van der Waals surface area contributed by atoms with Gasteiger partial charge in [0.05, 0.1) is 17.0 Å². The van der Waals surface area contributed by atoms with Crippen molar-refractivity contribution < 1.29 is 22.8 Å². The van der Waals surface area contributed by atoms with Crippen LogP contribution in [0.15, 0.2) is 59.5 Å². The lowest BCUT2D eigenvalue weighted by atomic mass is 9.91. The minimum absolute atomic E-state index is 0.122. The van der Waals surface area contributed by atoms with Crippen molar-refractivity contribution in [2.75, 3.05) is 4.90 Å². The van der Waals surface area contributed by atoms with Gasteiger partial charge in [-0.3, -0.25) is 14.4 Å². The van der Waals surface area contributed by atoms with E-state index in [1.165, 1.54) is 29.2 Å². The average Bonchev–Trinajstić information content (AvgIpc) is 2.99. The van der Waals surface area contributed by atoms with E-state index in [1.807, 2.05) is 51.1 Å². The van der Waals surface area contributed by atoms with E-state index in [0.29, 0.717) is 0 Å². The molecule has 3 amide bonds. The van der Waals surface area contributed by atoms with Crippen molar-refractivity contribution in [2.45, 2.75) is 51.1 Å². The molecule has 1 saturated heterocycles. The van der Waals surface area contributed by atoms with Gasteiger partial charge in [0.1, 0.15) is 6.04 Å². The minimum Gasteiger partial charge on any atom is -0.326 e. The molecule has 3 rings (SSSR count). The average molecular weight is 458 g/mol. The summed E-state index contributed by atoms with van der Waals surface area (Å²) in [4.78, 5) is 41.5. The van der Waals surface area contributed by atoms with Crippen molar-refractivity contribution in [1.29, 1.82) is 0 Å². The molecule has 0 aromatic heterocycles. The third-order valence-electron chi connectivity index (χ3n) is 5.12. The largest absolute Gasteiger partial charge is 0.326 e. The maximum atomic E-state index is 13.3. The summed E-state index contributed by atoms with van der Waals surface area (Å²) in [6.45, 7) is 6.02. The van der Waals surface area contributed by atoms with E-state index in [-0.39, 0.29) is 41.3 Å². The number of rotatable bonds is 6. The summed E-state index contributed by atoms with van der Waals surface area (Å²) in [6.07, 6.45) is 0.0827. The number of benzene rings is 2. The Hall–Kier alpha value is -3.04. The molecule has 0 saturated carbocycles. The number of imide groups is 1. The molecule has 0 spiro atoms. The number of sulfonamides is 1. The number of amides is 3. The number of primary sulfonamides is 1. The highest BCUT2D eigenvalue weighted by Gasteiger charge is 2.44. The highest BCUT2D eigenvalue weighted by atomic mass is 32.2. The number of hydrogen-bond acceptors (Lipinski definition) is 5. The molecule has 0 aliphatic carbocycles. The van der Waals surface area contributed by atoms with Crippen LogP contribution >= 0.6 is 0 Å². The normalized spacial score (nSPS) is 17.0. The van der Waals surface area contributed by atoms with Crippen LogP contribution in [-0.2, 0) is 31.0 Å². The van der Waals surface area contributed by atoms with Crippen LogP contribution in [0.3, 0.4) is 0 Å². The fourth-order valence-corrected chi connectivity index (χ4v) is 4.14. The first kappa shape index (κ1) is 23.6. The Morgan fingerprint density at radius 1 is 1.06 bits per heavy atom. The first-order chi connectivity index (χ1) is 14.9. The summed E-state index contributed by atoms with van der Waals surface area (Å²) < 4.78 is 23.0. The third kappa shape index (κ3) is 5.41. The zero-order valence-electron chi connectivity index (χ0n) is 18.3. The monoisotopic (exact) mass is 457 g/mol. The van der Waals surface area contributed by atoms with Crippen LogP contribution in [0, 0.1) is 5.41 Å². The molecule has 0 bridgehead atoms. The number of carbonyl (C=O) groups is 3. The van der Waals surface area contributed by atoms with E-state index < -0.39 is 27.9 Å². The molecule has 2 aromatic rings. The van der Waals surface area contributed by atoms with E-state index in [9.17, 15) is 22.8 Å². The standard InChI is InChI=1S/C23H27N3O5S/c1-23(2,3)14-21(28)25(15-16-7-5-4-6-8-16)19-13-20(27)26(22(19)29)17-9-11-18(12-10-17)32(24,30)31/h4-12,19H,13-15H2,1-3H3,(H2,24,30,31). The van der Waals surface area contributed by atoms with Crippen LogP contribution < -0.4 is 10.0 Å². The van der Waals surface area contributed by atoms with Gasteiger partial charge in [0.15, 0.2) is 0 Å². The second-order valence-electron chi connectivity index (χ2n) is 9.07. The SMILES string of the molecule is CC(C)(C)CC(=O)N(Cc1ccccc1)C1CC(=O)N(c2ccc(S(N)(=O)=O)cc2)C1=O. The van der Waals surface area contributed by atoms with Crippen molar-refractivity contribution in [1.82, 2.24) is 4.90 Å². The number of anilines is 1. The van der Waals surface area contributed by atoms with Crippen LogP contribution in [0.2, 0.25) is 0 Å². The van der Waals surface area contributed by atoms with E-state index in [0.717, 1.165) is 10.5 Å². The summed E-state index contributed by atoms with van der Waals surface area (Å²) in [5, 5.41) is 5.11. The lowest BCUT2D eigenvalue weighted by Gasteiger charge is -2.30. The molecule has 170 valence electrons. The van der Waals surface area contributed by atoms with Crippen LogP contribution in [0.4, 0.5) is 5.69 Å². The molecule has 8 nitrogen and oxygen atoms in total. The molecule has 1 fully saturated rings. The number of nitrogens with two attached hydrogens (primary N) is 1. The van der Waals surface area contributed by atoms with Gasteiger partial charge in [-0.05, 0) is 35.2 Å². The highest BCUT2D eigenvalue weighted by Crippen LogP contribution is 2.29. The van der Waals surface area contributed by atoms with Crippen molar-refractivity contribution in [3.8, 4) is 0 Å². The molecule has 32 heavy (non-hydrogen) atoms. The van der Waals surface area contributed by atoms with Gasteiger partial charge in [0.2, 0.25) is 21.8 Å². The summed E-state index contributed by atoms with van der Waals surface area (Å²) in [5.74, 6) is -1.18. The fourth-order valence-electron chi connectivity index (χ4n) is 3.62. The Labute approximate surface area is 188 Å². The lowest BCUT2D eigenvalue weighted by molar-refractivity contribution is -0.140. The Bertz CT molecular complexity index is 1120. The van der Waals surface area contributed by atoms with Crippen LogP contribution in [-0.4, -0.2) is 37.1 Å². The molecule has 1 heterocycles. The molecular weight excluding hydrogens is 430 g/mol. The maximum Gasteiger partial charge on any atom is 0.257 e. The van der Waals surface area contributed by atoms with Crippen molar-refractivity contribution >= 4 is 33.4 Å². The van der Waals surface area contributed by atoms with E-state index >= 15 is 0 Å². The summed E-state index contributed by atoms with van der Waals surface area (Å²) in [5.41, 5.74) is 0.796. The van der Waals surface area contributed by atoms with Crippen molar-refractivity contribution in [2.24, 2.45) is 10.6 Å². The molecule has 0 radical (unpaired) electrons. The van der Waals surface area contributed by atoms with Gasteiger partial charge in [-0.1, -0.05) is 51.1 Å². The van der Waals surface area contributed by atoms with Gasteiger partial charge in [-0.15, -0.1) is 0 Å². The minimum atomic E-state index is -3.90. The molecule has 1 atom stereocenters. The smallest absolute Gasteiger partial charge is 0.257 e. The summed E-state index contributed by atoms with van der Waals surface area (Å²) in [6, 6.07) is 13.6. The van der Waals surface area contributed by atoms with Gasteiger partial charge in [-0.25, -0.2) is 18.5 Å². The predicted molar refractivity (Wildman–Crippen MR) is 120 cm³/mol. The van der Waals surface area contributed by atoms with Gasteiger partial charge in [-0.2, -0.15) is 0 Å². The van der Waals surface area contributed by atoms with Crippen LogP contribution in [0.1, 0.15) is 39.2 Å². The molecule has 1 unspecified atom stereocenters. The van der Waals surface area contributed by atoms with Gasteiger partial charge < -0.3 is 4.90 Å². The zero-order valence-corrected chi connectivity index (χ0v) is 19.1. The Morgan fingerprint density at radius 2 is 1.66 bits per heavy atom. The molecule has 2 aromatic carbocycles. The van der Waals surface area contributed by atoms with Gasteiger partial charge in [0.25, 0.3) is 5.91 Å². The molecule has 2 N–H and O–H groups in total. The van der Waals surface area contributed by atoms with E-state index in [4.69, 9.17) is 5.14 Å². The molecule has 1 aliphatic heterocycles. The van der Waals surface area contributed by atoms with Gasteiger partial charge in [0, 0.05) is 13.0 Å². The number of nitrogens with zero attached hydrogens (tertiary/aromatic N) is 2. The van der Waals surface area contributed by atoms with Gasteiger partial charge >= 0.3 is 0 Å². The quantitative estimate of drug-likeness (QED) is 0.669. The second-order valence-corrected chi connectivity index (χ2v) is 10.6. The number of hydrogen-bond donors (Lipinski definition) is 1. The summed E-state index contributed by atoms with van der Waals surface area (Å²) in [7, 11) is -3.90. The van der Waals surface area contributed by atoms with E-state index in [2.05, 4.69) is 0 Å². The first-order valence-electron chi connectivity index (χ1n) is 10.2. The molecular formula is C23H27N3O5S. The Kier molecular flexibility index (Phi) is 6.52. The number of carbonyl (C=O) groups excluding carboxylic acids is 3. The highest BCUT2D eigenvalue weighted by molar-refractivity contribution is 7.89. The Balaban J connectivity index is 1.91. The lowest BCUT2D eigenvalue weighted by Crippen LogP contribution is -2.46. The predicted octanol–water partition coefficient (Wildman–Crippen LogP) is 2.43. The van der Waals surface area contributed by atoms with E-state index in [1.54, 1.807) is 0 Å². The topological polar surface area (TPSA) is 118 Å².